The summed E-state index contributed by atoms with van der Waals surface area (Å²) in [6.07, 6.45) is 0.434. The molecule has 0 bridgehead atoms. The van der Waals surface area contributed by atoms with Crippen LogP contribution in [0.15, 0.2) is 60.7 Å². The third-order valence-corrected chi connectivity index (χ3v) is 3.27. The average molecular weight is 253 g/mol. The second kappa shape index (κ2) is 5.14. The van der Waals surface area contributed by atoms with Crippen molar-refractivity contribution in [2.24, 2.45) is 0 Å². The molecule has 0 saturated carbocycles. The van der Waals surface area contributed by atoms with Gasteiger partial charge in [0.05, 0.1) is 12.5 Å². The zero-order valence-corrected chi connectivity index (χ0v) is 10.5. The predicted octanol–water partition coefficient (Wildman–Crippen LogP) is 3.14. The first-order chi connectivity index (χ1) is 9.34. The number of hydrogen-bond acceptors (Lipinski definition) is 3. The van der Waals surface area contributed by atoms with Gasteiger partial charge in [0.25, 0.3) is 0 Å². The second-order valence-corrected chi connectivity index (χ2v) is 4.58. The number of anilines is 2. The molecule has 3 nitrogen and oxygen atoms in total. The van der Waals surface area contributed by atoms with E-state index >= 15 is 0 Å². The minimum Gasteiger partial charge on any atom is -0.463 e. The number of carbonyl (C=O) groups excluding carboxylic acids is 1. The number of nitrogens with zero attached hydrogens (tertiary/aromatic N) is 1. The third kappa shape index (κ3) is 2.45. The Morgan fingerprint density at radius 3 is 1.84 bits per heavy atom. The fraction of sp³-hybridized carbons (Fsp3) is 0.188. The summed E-state index contributed by atoms with van der Waals surface area (Å²) < 4.78 is 5.11. The zero-order valence-electron chi connectivity index (χ0n) is 10.5. The quantitative estimate of drug-likeness (QED) is 0.787. The van der Waals surface area contributed by atoms with E-state index in [1.807, 2.05) is 36.4 Å². The Kier molecular flexibility index (Phi) is 3.19. The van der Waals surface area contributed by atoms with Gasteiger partial charge in [0.15, 0.2) is 0 Å². The molecular formula is C16H15NO2. The van der Waals surface area contributed by atoms with Crippen molar-refractivity contribution in [3.63, 3.8) is 0 Å². The van der Waals surface area contributed by atoms with Crippen molar-refractivity contribution in [3.8, 4) is 0 Å². The standard InChI is InChI=1S/C16H15NO2/c18-16-11-15(12-19-16)17(13-7-3-1-4-8-13)14-9-5-2-6-10-14/h1-10,15H,11-12H2. The summed E-state index contributed by atoms with van der Waals surface area (Å²) in [4.78, 5) is 13.5. The van der Waals surface area contributed by atoms with Crippen molar-refractivity contribution in [1.82, 2.24) is 0 Å². The Labute approximate surface area is 112 Å². The van der Waals surface area contributed by atoms with Crippen molar-refractivity contribution >= 4 is 17.3 Å². The maximum atomic E-state index is 11.4. The van der Waals surface area contributed by atoms with E-state index in [9.17, 15) is 4.79 Å². The fourth-order valence-corrected chi connectivity index (χ4v) is 2.41. The largest absolute Gasteiger partial charge is 0.463 e. The van der Waals surface area contributed by atoms with Gasteiger partial charge in [-0.1, -0.05) is 36.4 Å². The number of esters is 1. The SMILES string of the molecule is O=C1CC(N(c2ccccc2)c2ccccc2)CO1. The Morgan fingerprint density at radius 2 is 1.42 bits per heavy atom. The van der Waals surface area contributed by atoms with E-state index in [-0.39, 0.29) is 12.0 Å². The van der Waals surface area contributed by atoms with Gasteiger partial charge < -0.3 is 9.64 Å². The van der Waals surface area contributed by atoms with Crippen LogP contribution in [0.2, 0.25) is 0 Å². The summed E-state index contributed by atoms with van der Waals surface area (Å²) in [5.74, 6) is -0.123. The number of hydrogen-bond donors (Lipinski definition) is 0. The van der Waals surface area contributed by atoms with Gasteiger partial charge in [-0.3, -0.25) is 4.79 Å². The minimum atomic E-state index is -0.123. The number of cyclic esters (lactones) is 1. The summed E-state index contributed by atoms with van der Waals surface area (Å²) in [7, 11) is 0. The predicted molar refractivity (Wildman–Crippen MR) is 74.4 cm³/mol. The molecule has 2 aromatic rings. The van der Waals surface area contributed by atoms with Crippen molar-refractivity contribution in [1.29, 1.82) is 0 Å². The second-order valence-electron chi connectivity index (χ2n) is 4.58. The Hall–Kier alpha value is -2.29. The van der Waals surface area contributed by atoms with E-state index < -0.39 is 0 Å². The van der Waals surface area contributed by atoms with Gasteiger partial charge in [0, 0.05) is 11.4 Å². The third-order valence-electron chi connectivity index (χ3n) is 3.27. The summed E-state index contributed by atoms with van der Waals surface area (Å²) in [5.41, 5.74) is 2.16. The van der Waals surface area contributed by atoms with Crippen LogP contribution in [0.25, 0.3) is 0 Å². The first-order valence-corrected chi connectivity index (χ1v) is 6.39. The summed E-state index contributed by atoms with van der Waals surface area (Å²) in [6.45, 7) is 0.447. The molecule has 3 heteroatoms. The lowest BCUT2D eigenvalue weighted by atomic mass is 10.1. The smallest absolute Gasteiger partial charge is 0.308 e. The summed E-state index contributed by atoms with van der Waals surface area (Å²) >= 11 is 0. The van der Waals surface area contributed by atoms with Crippen LogP contribution in [-0.4, -0.2) is 18.6 Å². The van der Waals surface area contributed by atoms with E-state index in [1.165, 1.54) is 0 Å². The molecule has 0 spiro atoms. The normalized spacial score (nSPS) is 18.1. The first kappa shape index (κ1) is 11.8. The van der Waals surface area contributed by atoms with Gasteiger partial charge in [-0.25, -0.2) is 0 Å². The van der Waals surface area contributed by atoms with Crippen LogP contribution in [0.5, 0.6) is 0 Å². The topological polar surface area (TPSA) is 29.5 Å². The van der Waals surface area contributed by atoms with E-state index in [1.54, 1.807) is 0 Å². The fourth-order valence-electron chi connectivity index (χ4n) is 2.41. The van der Waals surface area contributed by atoms with Crippen LogP contribution in [-0.2, 0) is 9.53 Å². The van der Waals surface area contributed by atoms with E-state index in [4.69, 9.17) is 4.74 Å². The van der Waals surface area contributed by atoms with Gasteiger partial charge in [-0.15, -0.1) is 0 Å². The van der Waals surface area contributed by atoms with E-state index in [2.05, 4.69) is 29.2 Å². The number of carbonyl (C=O) groups is 1. The Bertz CT molecular complexity index is 514. The van der Waals surface area contributed by atoms with Gasteiger partial charge in [0.1, 0.15) is 6.61 Å². The summed E-state index contributed by atoms with van der Waals surface area (Å²) in [5, 5.41) is 0. The maximum Gasteiger partial charge on any atom is 0.308 e. The lowest BCUT2D eigenvalue weighted by Crippen LogP contribution is -2.31. The number of rotatable bonds is 3. The molecule has 96 valence electrons. The van der Waals surface area contributed by atoms with Crippen molar-refractivity contribution in [2.75, 3.05) is 11.5 Å². The van der Waals surface area contributed by atoms with Gasteiger partial charge in [-0.05, 0) is 24.3 Å². The molecule has 0 radical (unpaired) electrons. The molecule has 1 unspecified atom stereocenters. The van der Waals surface area contributed by atoms with Gasteiger partial charge >= 0.3 is 5.97 Å². The van der Waals surface area contributed by atoms with E-state index in [0.717, 1.165) is 11.4 Å². The Morgan fingerprint density at radius 1 is 0.895 bits per heavy atom. The lowest BCUT2D eigenvalue weighted by Gasteiger charge is -2.29. The molecule has 19 heavy (non-hydrogen) atoms. The Balaban J connectivity index is 1.99. The van der Waals surface area contributed by atoms with Crippen molar-refractivity contribution in [3.05, 3.63) is 60.7 Å². The lowest BCUT2D eigenvalue weighted by molar-refractivity contribution is -0.137. The first-order valence-electron chi connectivity index (χ1n) is 6.39. The molecule has 0 N–H and O–H groups in total. The monoisotopic (exact) mass is 253 g/mol. The molecule has 2 aromatic carbocycles. The molecule has 1 saturated heterocycles. The molecule has 1 atom stereocenters. The van der Waals surface area contributed by atoms with Crippen LogP contribution in [0.3, 0.4) is 0 Å². The van der Waals surface area contributed by atoms with Crippen LogP contribution < -0.4 is 4.90 Å². The van der Waals surface area contributed by atoms with Crippen LogP contribution >= 0.6 is 0 Å². The molecule has 0 aromatic heterocycles. The molecule has 1 fully saturated rings. The number of benzene rings is 2. The molecule has 3 rings (SSSR count). The number of ether oxygens (including phenoxy) is 1. The van der Waals surface area contributed by atoms with Crippen molar-refractivity contribution < 1.29 is 9.53 Å². The molecule has 0 amide bonds. The molecular weight excluding hydrogens is 238 g/mol. The van der Waals surface area contributed by atoms with Crippen LogP contribution in [0, 0.1) is 0 Å². The highest BCUT2D eigenvalue weighted by molar-refractivity contribution is 5.75. The van der Waals surface area contributed by atoms with Crippen LogP contribution in [0.4, 0.5) is 11.4 Å². The molecule has 0 aliphatic carbocycles. The highest BCUT2D eigenvalue weighted by atomic mass is 16.5. The minimum absolute atomic E-state index is 0.0669. The van der Waals surface area contributed by atoms with Gasteiger partial charge in [-0.2, -0.15) is 0 Å². The molecule has 1 heterocycles. The highest BCUT2D eigenvalue weighted by Crippen LogP contribution is 2.30. The molecule has 1 aliphatic heterocycles. The van der Waals surface area contributed by atoms with E-state index in [0.29, 0.717) is 13.0 Å². The highest BCUT2D eigenvalue weighted by Gasteiger charge is 2.30. The maximum absolute atomic E-state index is 11.4. The molecule has 1 aliphatic rings. The average Bonchev–Trinajstić information content (AvgIpc) is 2.88. The zero-order chi connectivity index (χ0) is 13.1. The van der Waals surface area contributed by atoms with Gasteiger partial charge in [0.2, 0.25) is 0 Å². The van der Waals surface area contributed by atoms with Crippen molar-refractivity contribution in [2.45, 2.75) is 12.5 Å². The summed E-state index contributed by atoms with van der Waals surface area (Å²) in [6, 6.07) is 20.3. The van der Waals surface area contributed by atoms with Crippen LogP contribution in [0.1, 0.15) is 6.42 Å². The number of para-hydroxylation sites is 2.